The Balaban J connectivity index is 1.92. The third-order valence-electron chi connectivity index (χ3n) is 3.93. The predicted molar refractivity (Wildman–Crippen MR) is 109 cm³/mol. The van der Waals surface area contributed by atoms with Crippen LogP contribution in [0.4, 0.5) is 5.13 Å². The molecule has 0 saturated heterocycles. The second-order valence-corrected chi connectivity index (χ2v) is 7.28. The van der Waals surface area contributed by atoms with Gasteiger partial charge in [0, 0.05) is 23.4 Å². The molecule has 0 fully saturated rings. The highest BCUT2D eigenvalue weighted by molar-refractivity contribution is 7.98. The summed E-state index contributed by atoms with van der Waals surface area (Å²) in [4.78, 5) is 16.6. The van der Waals surface area contributed by atoms with E-state index < -0.39 is 5.91 Å². The number of para-hydroxylation sites is 1. The molecule has 27 heavy (non-hydrogen) atoms. The van der Waals surface area contributed by atoms with E-state index in [1.807, 2.05) is 67.3 Å². The zero-order valence-corrected chi connectivity index (χ0v) is 16.7. The summed E-state index contributed by atoms with van der Waals surface area (Å²) < 4.78 is 6.07. The lowest BCUT2D eigenvalue weighted by Crippen LogP contribution is -2.13. The maximum absolute atomic E-state index is 12.5. The van der Waals surface area contributed by atoms with Crippen LogP contribution < -0.4 is 5.32 Å². The van der Waals surface area contributed by atoms with Crippen molar-refractivity contribution in [2.24, 2.45) is 0 Å². The van der Waals surface area contributed by atoms with E-state index in [0.717, 1.165) is 34.0 Å². The molecule has 3 aromatic rings. The number of hydrogen-bond acceptors (Lipinski definition) is 6. The molecule has 0 aliphatic heterocycles. The minimum atomic E-state index is -0.504. The molecule has 2 heterocycles. The average molecular weight is 396 g/mol. The molecule has 0 bridgehead atoms. The molecule has 0 aliphatic rings. The summed E-state index contributed by atoms with van der Waals surface area (Å²) in [7, 11) is 0. The molecule has 6 nitrogen and oxygen atoms in total. The van der Waals surface area contributed by atoms with Gasteiger partial charge in [0.15, 0.2) is 0 Å². The van der Waals surface area contributed by atoms with Gasteiger partial charge in [-0.3, -0.25) is 10.1 Å². The second kappa shape index (κ2) is 8.20. The number of nitrogens with zero attached hydrogens (tertiary/aromatic N) is 4. The molecule has 1 amide bonds. The number of rotatable bonds is 5. The first-order valence-electron chi connectivity index (χ1n) is 8.08. The maximum Gasteiger partial charge on any atom is 0.268 e. The average Bonchev–Trinajstić information content (AvgIpc) is 3.29. The Morgan fingerprint density at radius 1 is 1.30 bits per heavy atom. The Labute approximate surface area is 165 Å². The van der Waals surface area contributed by atoms with Crippen molar-refractivity contribution in [3.05, 3.63) is 58.9 Å². The number of nitriles is 1. The van der Waals surface area contributed by atoms with E-state index in [-0.39, 0.29) is 5.57 Å². The molecule has 0 radical (unpaired) electrons. The zero-order valence-electron chi connectivity index (χ0n) is 15.1. The van der Waals surface area contributed by atoms with E-state index in [1.54, 1.807) is 6.08 Å². The lowest BCUT2D eigenvalue weighted by Gasteiger charge is -2.13. The maximum atomic E-state index is 12.5. The number of carbonyl (C=O) groups excluding carboxylic acids is 1. The molecule has 8 heteroatoms. The summed E-state index contributed by atoms with van der Waals surface area (Å²) in [6, 6.07) is 11.8. The van der Waals surface area contributed by atoms with Crippen LogP contribution in [0.25, 0.3) is 11.8 Å². The normalized spacial score (nSPS) is 11.3. The lowest BCUT2D eigenvalue weighted by atomic mass is 10.1. The SMILES string of the molecule is CSc1nsc(NC(=O)/C(C#N)=C\c2cccn2-c2c(C)cccc2C)n1. The third-order valence-corrected chi connectivity index (χ3v) is 5.22. The van der Waals surface area contributed by atoms with E-state index in [4.69, 9.17) is 0 Å². The molecule has 0 atom stereocenters. The molecule has 1 N–H and O–H groups in total. The van der Waals surface area contributed by atoms with Crippen LogP contribution in [0.1, 0.15) is 16.8 Å². The van der Waals surface area contributed by atoms with Crippen LogP contribution in [-0.4, -0.2) is 26.1 Å². The van der Waals surface area contributed by atoms with Gasteiger partial charge in [-0.1, -0.05) is 30.0 Å². The van der Waals surface area contributed by atoms with Gasteiger partial charge in [-0.2, -0.15) is 14.6 Å². The first-order valence-corrected chi connectivity index (χ1v) is 10.1. The first-order chi connectivity index (χ1) is 13.0. The van der Waals surface area contributed by atoms with E-state index in [1.165, 1.54) is 11.8 Å². The van der Waals surface area contributed by atoms with Gasteiger partial charge in [-0.05, 0) is 49.4 Å². The number of thioether (sulfide) groups is 1. The number of carbonyl (C=O) groups is 1. The highest BCUT2D eigenvalue weighted by atomic mass is 32.2. The number of amides is 1. The Kier molecular flexibility index (Phi) is 5.74. The van der Waals surface area contributed by atoms with Crippen LogP contribution in [0.15, 0.2) is 47.3 Å². The number of anilines is 1. The zero-order chi connectivity index (χ0) is 19.4. The lowest BCUT2D eigenvalue weighted by molar-refractivity contribution is -0.112. The van der Waals surface area contributed by atoms with Crippen molar-refractivity contribution < 1.29 is 4.79 Å². The van der Waals surface area contributed by atoms with Crippen LogP contribution in [0.2, 0.25) is 0 Å². The fourth-order valence-electron chi connectivity index (χ4n) is 2.71. The fraction of sp³-hybridized carbons (Fsp3) is 0.158. The van der Waals surface area contributed by atoms with Crippen molar-refractivity contribution in [3.8, 4) is 11.8 Å². The number of benzene rings is 1. The summed E-state index contributed by atoms with van der Waals surface area (Å²) >= 11 is 2.48. The monoisotopic (exact) mass is 395 g/mol. The van der Waals surface area contributed by atoms with Crippen LogP contribution in [-0.2, 0) is 4.79 Å². The van der Waals surface area contributed by atoms with Crippen molar-refractivity contribution in [1.82, 2.24) is 13.9 Å². The smallest absolute Gasteiger partial charge is 0.268 e. The topological polar surface area (TPSA) is 83.6 Å². The number of hydrogen-bond donors (Lipinski definition) is 1. The highest BCUT2D eigenvalue weighted by Gasteiger charge is 2.14. The summed E-state index contributed by atoms with van der Waals surface area (Å²) in [6.45, 7) is 4.07. The molecule has 1 aromatic carbocycles. The van der Waals surface area contributed by atoms with Crippen LogP contribution in [0, 0.1) is 25.2 Å². The number of aromatic nitrogens is 3. The summed E-state index contributed by atoms with van der Waals surface area (Å²) in [6.07, 6.45) is 5.36. The van der Waals surface area contributed by atoms with Crippen molar-refractivity contribution in [3.63, 3.8) is 0 Å². The van der Waals surface area contributed by atoms with Gasteiger partial charge in [0.2, 0.25) is 10.3 Å². The molecule has 0 unspecified atom stereocenters. The van der Waals surface area contributed by atoms with Gasteiger partial charge >= 0.3 is 0 Å². The van der Waals surface area contributed by atoms with E-state index in [2.05, 4.69) is 14.7 Å². The van der Waals surface area contributed by atoms with Gasteiger partial charge in [0.25, 0.3) is 5.91 Å². The summed E-state index contributed by atoms with van der Waals surface area (Å²) in [5.74, 6) is -0.504. The Bertz CT molecular complexity index is 1040. The summed E-state index contributed by atoms with van der Waals surface area (Å²) in [5, 5.41) is 13.1. The second-order valence-electron chi connectivity index (χ2n) is 5.75. The standard InChI is InChI=1S/C19H17N5OS2/c1-12-6-4-7-13(2)16(12)24-9-5-8-15(24)10-14(11-20)17(25)21-18-22-19(26-3)23-27-18/h4-10H,1-3H3,(H,21,22,23,25)/b14-10-. The largest absolute Gasteiger partial charge is 0.317 e. The number of nitrogens with one attached hydrogen (secondary N) is 1. The quantitative estimate of drug-likeness (QED) is 0.397. The molecule has 0 spiro atoms. The van der Waals surface area contributed by atoms with Crippen LogP contribution in [0.3, 0.4) is 0 Å². The van der Waals surface area contributed by atoms with Crippen molar-refractivity contribution in [1.29, 1.82) is 5.26 Å². The Hall–Kier alpha value is -2.89. The third kappa shape index (κ3) is 4.10. The van der Waals surface area contributed by atoms with E-state index >= 15 is 0 Å². The van der Waals surface area contributed by atoms with Gasteiger partial charge in [0.05, 0.1) is 5.69 Å². The highest BCUT2D eigenvalue weighted by Crippen LogP contribution is 2.23. The minimum Gasteiger partial charge on any atom is -0.317 e. The molecule has 0 aliphatic carbocycles. The Morgan fingerprint density at radius 3 is 2.67 bits per heavy atom. The molecule has 0 saturated carbocycles. The van der Waals surface area contributed by atoms with Crippen molar-refractivity contribution in [2.45, 2.75) is 19.0 Å². The summed E-state index contributed by atoms with van der Waals surface area (Å²) in [5.41, 5.74) is 4.02. The van der Waals surface area contributed by atoms with Gasteiger partial charge < -0.3 is 4.57 Å². The Morgan fingerprint density at radius 2 is 2.04 bits per heavy atom. The fourth-order valence-corrected chi connectivity index (χ4v) is 3.83. The van der Waals surface area contributed by atoms with Gasteiger partial charge in [0.1, 0.15) is 11.6 Å². The number of aryl methyl sites for hydroxylation is 2. The van der Waals surface area contributed by atoms with E-state index in [9.17, 15) is 10.1 Å². The molecular formula is C19H17N5OS2. The van der Waals surface area contributed by atoms with Crippen molar-refractivity contribution >= 4 is 40.4 Å². The molecular weight excluding hydrogens is 378 g/mol. The predicted octanol–water partition coefficient (Wildman–Crippen LogP) is 4.21. The van der Waals surface area contributed by atoms with Gasteiger partial charge in [-0.15, -0.1) is 0 Å². The molecule has 3 rings (SSSR count). The van der Waals surface area contributed by atoms with Crippen molar-refractivity contribution in [2.75, 3.05) is 11.6 Å². The minimum absolute atomic E-state index is 0.00193. The van der Waals surface area contributed by atoms with Crippen LogP contribution >= 0.6 is 23.3 Å². The van der Waals surface area contributed by atoms with Crippen LogP contribution in [0.5, 0.6) is 0 Å². The van der Waals surface area contributed by atoms with Gasteiger partial charge in [-0.25, -0.2) is 0 Å². The first kappa shape index (κ1) is 18.9. The molecule has 136 valence electrons. The van der Waals surface area contributed by atoms with E-state index in [0.29, 0.717) is 10.3 Å². The molecule has 2 aromatic heterocycles.